The van der Waals surface area contributed by atoms with Crippen LogP contribution in [-0.4, -0.2) is 24.4 Å². The molecule has 0 saturated heterocycles. The van der Waals surface area contributed by atoms with E-state index >= 15 is 0 Å². The maximum absolute atomic E-state index is 11.0. The number of hydrogen-bond acceptors (Lipinski definition) is 3. The van der Waals surface area contributed by atoms with Crippen LogP contribution in [0.2, 0.25) is 0 Å². The monoisotopic (exact) mass is 292 g/mol. The molecule has 1 fully saturated rings. The SMILES string of the molecule is CCOC1(C(O)c2ccc(OC)cc2C)CCCCCC1. The standard InChI is InChI=1S/C18H28O3/c1-4-21-18(11-7-5-6-8-12-18)17(19)16-10-9-15(20-3)13-14(16)2/h9-10,13,17,19H,4-8,11-12H2,1-3H3. The van der Waals surface area contributed by atoms with Gasteiger partial charge in [0.1, 0.15) is 11.9 Å². The maximum atomic E-state index is 11.0. The van der Waals surface area contributed by atoms with E-state index in [4.69, 9.17) is 9.47 Å². The molecule has 0 spiro atoms. The van der Waals surface area contributed by atoms with Crippen LogP contribution in [0.25, 0.3) is 0 Å². The van der Waals surface area contributed by atoms with E-state index in [0.29, 0.717) is 6.61 Å². The predicted molar refractivity (Wildman–Crippen MR) is 84.7 cm³/mol. The van der Waals surface area contributed by atoms with E-state index in [-0.39, 0.29) is 0 Å². The van der Waals surface area contributed by atoms with Crippen molar-refractivity contribution in [2.75, 3.05) is 13.7 Å². The van der Waals surface area contributed by atoms with Crippen molar-refractivity contribution < 1.29 is 14.6 Å². The van der Waals surface area contributed by atoms with Crippen molar-refractivity contribution in [3.05, 3.63) is 29.3 Å². The first-order chi connectivity index (χ1) is 10.1. The van der Waals surface area contributed by atoms with E-state index in [9.17, 15) is 5.11 Å². The number of aliphatic hydroxyl groups excluding tert-OH is 1. The van der Waals surface area contributed by atoms with Crippen LogP contribution in [0.4, 0.5) is 0 Å². The highest BCUT2D eigenvalue weighted by atomic mass is 16.5. The first-order valence-electron chi connectivity index (χ1n) is 8.09. The maximum Gasteiger partial charge on any atom is 0.119 e. The van der Waals surface area contributed by atoms with Crippen molar-refractivity contribution in [2.45, 2.75) is 64.1 Å². The van der Waals surface area contributed by atoms with Gasteiger partial charge >= 0.3 is 0 Å². The third-order valence-electron chi connectivity index (χ3n) is 4.65. The Hall–Kier alpha value is -1.06. The molecule has 3 heteroatoms. The minimum atomic E-state index is -0.568. The van der Waals surface area contributed by atoms with Crippen LogP contribution in [-0.2, 0) is 4.74 Å². The molecule has 0 amide bonds. The van der Waals surface area contributed by atoms with E-state index in [1.807, 2.05) is 32.0 Å². The quantitative estimate of drug-likeness (QED) is 0.828. The summed E-state index contributed by atoms with van der Waals surface area (Å²) in [6.45, 7) is 4.68. The van der Waals surface area contributed by atoms with Gasteiger partial charge in [-0.1, -0.05) is 31.7 Å². The van der Waals surface area contributed by atoms with Crippen molar-refractivity contribution in [3.63, 3.8) is 0 Å². The first-order valence-corrected chi connectivity index (χ1v) is 8.09. The minimum absolute atomic E-state index is 0.426. The molecule has 1 unspecified atom stereocenters. The number of benzene rings is 1. The second kappa shape index (κ2) is 7.28. The Morgan fingerprint density at radius 3 is 2.38 bits per heavy atom. The zero-order chi connectivity index (χ0) is 15.3. The topological polar surface area (TPSA) is 38.7 Å². The summed E-state index contributed by atoms with van der Waals surface area (Å²) in [6.07, 6.45) is 6.05. The van der Waals surface area contributed by atoms with Gasteiger partial charge in [-0.05, 0) is 49.9 Å². The molecule has 1 aromatic rings. The molecule has 21 heavy (non-hydrogen) atoms. The molecule has 1 aliphatic rings. The van der Waals surface area contributed by atoms with E-state index < -0.39 is 11.7 Å². The number of hydrogen-bond donors (Lipinski definition) is 1. The number of aryl methyl sites for hydroxylation is 1. The summed E-state index contributed by atoms with van der Waals surface area (Å²) in [5, 5.41) is 11.0. The first kappa shape index (κ1) is 16.3. The van der Waals surface area contributed by atoms with Crippen LogP contribution in [0.15, 0.2) is 18.2 Å². The van der Waals surface area contributed by atoms with Gasteiger partial charge in [-0.2, -0.15) is 0 Å². The van der Waals surface area contributed by atoms with Gasteiger partial charge in [0.2, 0.25) is 0 Å². The van der Waals surface area contributed by atoms with Gasteiger partial charge in [0.15, 0.2) is 0 Å². The van der Waals surface area contributed by atoms with Crippen molar-refractivity contribution in [1.29, 1.82) is 0 Å². The molecule has 0 bridgehead atoms. The van der Waals surface area contributed by atoms with Gasteiger partial charge < -0.3 is 14.6 Å². The van der Waals surface area contributed by atoms with Crippen LogP contribution in [0, 0.1) is 6.92 Å². The average molecular weight is 292 g/mol. The van der Waals surface area contributed by atoms with Crippen LogP contribution in [0.5, 0.6) is 5.75 Å². The molecule has 0 heterocycles. The number of ether oxygens (including phenoxy) is 2. The Bertz CT molecular complexity index is 448. The fourth-order valence-electron chi connectivity index (χ4n) is 3.48. The predicted octanol–water partition coefficient (Wildman–Crippen LogP) is 4.17. The van der Waals surface area contributed by atoms with E-state index in [1.165, 1.54) is 12.8 Å². The summed E-state index contributed by atoms with van der Waals surface area (Å²) >= 11 is 0. The highest BCUT2D eigenvalue weighted by Gasteiger charge is 2.40. The largest absolute Gasteiger partial charge is 0.497 e. The lowest BCUT2D eigenvalue weighted by Gasteiger charge is -2.38. The van der Waals surface area contributed by atoms with Crippen molar-refractivity contribution in [1.82, 2.24) is 0 Å². The molecular formula is C18H28O3. The molecule has 0 aliphatic heterocycles. The van der Waals surface area contributed by atoms with Gasteiger partial charge in [0.05, 0.1) is 12.7 Å². The molecule has 3 nitrogen and oxygen atoms in total. The van der Waals surface area contributed by atoms with Crippen molar-refractivity contribution in [3.8, 4) is 5.75 Å². The zero-order valence-electron chi connectivity index (χ0n) is 13.5. The number of rotatable bonds is 5. The lowest BCUT2D eigenvalue weighted by Crippen LogP contribution is -2.39. The molecule has 1 N–H and O–H groups in total. The molecular weight excluding hydrogens is 264 g/mol. The Balaban J connectivity index is 2.31. The van der Waals surface area contributed by atoms with Crippen LogP contribution in [0.1, 0.15) is 62.7 Å². The van der Waals surface area contributed by atoms with Crippen LogP contribution < -0.4 is 4.74 Å². The second-order valence-corrected chi connectivity index (χ2v) is 6.04. The van der Waals surface area contributed by atoms with E-state index in [1.54, 1.807) is 7.11 Å². The lowest BCUT2D eigenvalue weighted by atomic mass is 9.83. The van der Waals surface area contributed by atoms with Gasteiger partial charge in [-0.3, -0.25) is 0 Å². The molecule has 1 aromatic carbocycles. The van der Waals surface area contributed by atoms with Gasteiger partial charge in [-0.15, -0.1) is 0 Å². The molecule has 2 rings (SSSR count). The summed E-state index contributed by atoms with van der Waals surface area (Å²) < 4.78 is 11.4. The molecule has 0 aromatic heterocycles. The second-order valence-electron chi connectivity index (χ2n) is 6.04. The van der Waals surface area contributed by atoms with Crippen LogP contribution in [0.3, 0.4) is 0 Å². The fraction of sp³-hybridized carbons (Fsp3) is 0.667. The molecule has 0 radical (unpaired) electrons. The Morgan fingerprint density at radius 1 is 1.19 bits per heavy atom. The van der Waals surface area contributed by atoms with Crippen LogP contribution >= 0.6 is 0 Å². The number of methoxy groups -OCH3 is 1. The van der Waals surface area contributed by atoms with E-state index in [0.717, 1.165) is 42.6 Å². The van der Waals surface area contributed by atoms with Gasteiger partial charge in [0, 0.05) is 6.61 Å². The minimum Gasteiger partial charge on any atom is -0.497 e. The Morgan fingerprint density at radius 2 is 1.86 bits per heavy atom. The summed E-state index contributed by atoms with van der Waals surface area (Å²) in [5.74, 6) is 0.828. The summed E-state index contributed by atoms with van der Waals surface area (Å²) in [4.78, 5) is 0. The van der Waals surface area contributed by atoms with E-state index in [2.05, 4.69) is 0 Å². The Kier molecular flexibility index (Phi) is 5.65. The zero-order valence-corrected chi connectivity index (χ0v) is 13.5. The summed E-state index contributed by atoms with van der Waals surface area (Å²) in [6, 6.07) is 5.88. The number of aliphatic hydroxyl groups is 1. The van der Waals surface area contributed by atoms with Gasteiger partial charge in [-0.25, -0.2) is 0 Å². The Labute approximate surface area is 128 Å². The third kappa shape index (κ3) is 3.58. The molecule has 118 valence electrons. The lowest BCUT2D eigenvalue weighted by molar-refractivity contribution is -0.131. The fourth-order valence-corrected chi connectivity index (χ4v) is 3.48. The molecule has 1 aliphatic carbocycles. The highest BCUT2D eigenvalue weighted by Crippen LogP contribution is 2.41. The smallest absolute Gasteiger partial charge is 0.119 e. The normalized spacial score (nSPS) is 19.8. The highest BCUT2D eigenvalue weighted by molar-refractivity contribution is 5.37. The molecule has 1 atom stereocenters. The summed E-state index contributed by atoms with van der Waals surface area (Å²) in [7, 11) is 1.66. The third-order valence-corrected chi connectivity index (χ3v) is 4.65. The molecule has 1 saturated carbocycles. The van der Waals surface area contributed by atoms with Gasteiger partial charge in [0.25, 0.3) is 0 Å². The van der Waals surface area contributed by atoms with Crippen molar-refractivity contribution >= 4 is 0 Å². The summed E-state index contributed by atoms with van der Waals surface area (Å²) in [5.41, 5.74) is 1.60. The average Bonchev–Trinajstić information content (AvgIpc) is 2.73. The van der Waals surface area contributed by atoms with Crippen molar-refractivity contribution in [2.24, 2.45) is 0 Å².